The molecule has 0 aliphatic heterocycles. The van der Waals surface area contributed by atoms with Crippen molar-refractivity contribution in [2.75, 3.05) is 13.7 Å². The van der Waals surface area contributed by atoms with Crippen LogP contribution in [0.15, 0.2) is 0 Å². The molecule has 3 nitrogen and oxygen atoms in total. The summed E-state index contributed by atoms with van der Waals surface area (Å²) in [5.41, 5.74) is 0. The van der Waals surface area contributed by atoms with Crippen LogP contribution in [0.25, 0.3) is 0 Å². The van der Waals surface area contributed by atoms with Gasteiger partial charge in [-0.15, -0.1) is 0 Å². The first kappa shape index (κ1) is 11.9. The van der Waals surface area contributed by atoms with Crippen LogP contribution in [0.4, 0.5) is 0 Å². The highest BCUT2D eigenvalue weighted by Crippen LogP contribution is 2.02. The highest BCUT2D eigenvalue weighted by molar-refractivity contribution is 4.52. The lowest BCUT2D eigenvalue weighted by molar-refractivity contribution is -0.129. The maximum absolute atomic E-state index is 9.21. The fourth-order valence-corrected chi connectivity index (χ4v) is 0.901. The van der Waals surface area contributed by atoms with Crippen molar-refractivity contribution < 1.29 is 14.6 Å². The average Bonchev–Trinajstić information content (AvgIpc) is 2.07. The van der Waals surface area contributed by atoms with E-state index >= 15 is 0 Å². The summed E-state index contributed by atoms with van der Waals surface area (Å²) in [7, 11) is 1.66. The standard InChI is InChI=1S/C9H20O3/c1-4-6-9(10)12-7-8(5-2)11-3/h8-10H,4-7H2,1-3H3. The number of methoxy groups -OCH3 is 1. The molecule has 0 amide bonds. The van der Waals surface area contributed by atoms with E-state index in [2.05, 4.69) is 0 Å². The van der Waals surface area contributed by atoms with Gasteiger partial charge >= 0.3 is 0 Å². The lowest BCUT2D eigenvalue weighted by Crippen LogP contribution is -2.22. The molecule has 0 aromatic rings. The van der Waals surface area contributed by atoms with Crippen LogP contribution < -0.4 is 0 Å². The van der Waals surface area contributed by atoms with E-state index in [1.165, 1.54) is 0 Å². The number of rotatable bonds is 7. The molecular formula is C9H20O3. The second kappa shape index (κ2) is 7.53. The van der Waals surface area contributed by atoms with Crippen LogP contribution in [-0.4, -0.2) is 31.2 Å². The second-order valence-electron chi connectivity index (χ2n) is 2.84. The first-order valence-electron chi connectivity index (χ1n) is 4.57. The topological polar surface area (TPSA) is 38.7 Å². The van der Waals surface area contributed by atoms with Gasteiger partial charge in [-0.3, -0.25) is 0 Å². The lowest BCUT2D eigenvalue weighted by atomic mass is 10.3. The van der Waals surface area contributed by atoms with Crippen LogP contribution in [0, 0.1) is 0 Å². The smallest absolute Gasteiger partial charge is 0.154 e. The van der Waals surface area contributed by atoms with Crippen molar-refractivity contribution in [3.63, 3.8) is 0 Å². The number of hydrogen-bond acceptors (Lipinski definition) is 3. The second-order valence-corrected chi connectivity index (χ2v) is 2.84. The number of aliphatic hydroxyl groups excluding tert-OH is 1. The normalized spacial score (nSPS) is 16.0. The molecule has 2 atom stereocenters. The summed E-state index contributed by atoms with van der Waals surface area (Å²) < 4.78 is 10.2. The van der Waals surface area contributed by atoms with Crippen LogP contribution >= 0.6 is 0 Å². The van der Waals surface area contributed by atoms with Gasteiger partial charge < -0.3 is 14.6 Å². The minimum absolute atomic E-state index is 0.108. The van der Waals surface area contributed by atoms with E-state index in [4.69, 9.17) is 9.47 Å². The van der Waals surface area contributed by atoms with Crippen molar-refractivity contribution in [3.8, 4) is 0 Å². The Kier molecular flexibility index (Phi) is 7.45. The predicted octanol–water partition coefficient (Wildman–Crippen LogP) is 1.55. The molecule has 1 N–H and O–H groups in total. The Labute approximate surface area is 74.7 Å². The van der Waals surface area contributed by atoms with Crippen LogP contribution in [0.1, 0.15) is 33.1 Å². The Hall–Kier alpha value is -0.120. The van der Waals surface area contributed by atoms with Crippen molar-refractivity contribution >= 4 is 0 Å². The third kappa shape index (κ3) is 5.52. The van der Waals surface area contributed by atoms with Crippen LogP contribution in [0.2, 0.25) is 0 Å². The Morgan fingerprint density at radius 2 is 2.00 bits per heavy atom. The highest BCUT2D eigenvalue weighted by Gasteiger charge is 2.08. The van der Waals surface area contributed by atoms with Crippen LogP contribution in [-0.2, 0) is 9.47 Å². The minimum Gasteiger partial charge on any atom is -0.379 e. The molecule has 0 saturated heterocycles. The summed E-state index contributed by atoms with van der Waals surface area (Å²) in [4.78, 5) is 0. The number of aliphatic hydroxyl groups is 1. The van der Waals surface area contributed by atoms with E-state index in [9.17, 15) is 5.11 Å². The third-order valence-electron chi connectivity index (χ3n) is 1.80. The van der Waals surface area contributed by atoms with Crippen molar-refractivity contribution in [1.29, 1.82) is 0 Å². The van der Waals surface area contributed by atoms with E-state index < -0.39 is 6.29 Å². The van der Waals surface area contributed by atoms with E-state index in [0.29, 0.717) is 13.0 Å². The summed E-state index contributed by atoms with van der Waals surface area (Å²) in [6, 6.07) is 0. The van der Waals surface area contributed by atoms with Gasteiger partial charge in [-0.2, -0.15) is 0 Å². The molecule has 0 saturated carbocycles. The number of hydrogen-bond donors (Lipinski definition) is 1. The summed E-state index contributed by atoms with van der Waals surface area (Å²) in [6.45, 7) is 4.53. The zero-order valence-corrected chi connectivity index (χ0v) is 8.25. The summed E-state index contributed by atoms with van der Waals surface area (Å²) in [6.07, 6.45) is 2.02. The van der Waals surface area contributed by atoms with Gasteiger partial charge in [0.15, 0.2) is 6.29 Å². The first-order chi connectivity index (χ1) is 5.74. The largest absolute Gasteiger partial charge is 0.379 e. The van der Waals surface area contributed by atoms with Crippen LogP contribution in [0.5, 0.6) is 0 Å². The minimum atomic E-state index is -0.626. The molecule has 0 aromatic carbocycles. The molecule has 12 heavy (non-hydrogen) atoms. The molecule has 0 aliphatic rings. The Bertz CT molecular complexity index is 91.8. The molecule has 3 heteroatoms. The molecule has 0 heterocycles. The summed E-state index contributed by atoms with van der Waals surface area (Å²) in [5.74, 6) is 0. The average molecular weight is 176 g/mol. The first-order valence-corrected chi connectivity index (χ1v) is 4.57. The molecule has 0 rings (SSSR count). The van der Waals surface area contributed by atoms with Crippen molar-refractivity contribution in [2.45, 2.75) is 45.5 Å². The molecule has 0 aromatic heterocycles. The van der Waals surface area contributed by atoms with Gasteiger partial charge in [-0.05, 0) is 12.8 Å². The fraction of sp³-hybridized carbons (Fsp3) is 1.00. The van der Waals surface area contributed by atoms with Gasteiger partial charge in [0.2, 0.25) is 0 Å². The van der Waals surface area contributed by atoms with E-state index in [1.54, 1.807) is 7.11 Å². The van der Waals surface area contributed by atoms with Gasteiger partial charge in [-0.1, -0.05) is 20.3 Å². The van der Waals surface area contributed by atoms with Gasteiger partial charge in [0.05, 0.1) is 12.7 Å². The lowest BCUT2D eigenvalue weighted by Gasteiger charge is -2.16. The van der Waals surface area contributed by atoms with E-state index in [0.717, 1.165) is 12.8 Å². The van der Waals surface area contributed by atoms with E-state index in [1.807, 2.05) is 13.8 Å². The molecule has 0 aliphatic carbocycles. The van der Waals surface area contributed by atoms with Crippen molar-refractivity contribution in [3.05, 3.63) is 0 Å². The van der Waals surface area contributed by atoms with Gasteiger partial charge in [0.25, 0.3) is 0 Å². The van der Waals surface area contributed by atoms with Crippen LogP contribution in [0.3, 0.4) is 0 Å². The molecule has 0 spiro atoms. The Morgan fingerprint density at radius 3 is 2.42 bits per heavy atom. The number of ether oxygens (including phenoxy) is 2. The zero-order valence-electron chi connectivity index (χ0n) is 8.25. The van der Waals surface area contributed by atoms with Gasteiger partial charge in [0.1, 0.15) is 0 Å². The Morgan fingerprint density at radius 1 is 1.33 bits per heavy atom. The third-order valence-corrected chi connectivity index (χ3v) is 1.80. The highest BCUT2D eigenvalue weighted by atomic mass is 16.6. The molecule has 0 radical (unpaired) electrons. The summed E-state index contributed by atoms with van der Waals surface area (Å²) >= 11 is 0. The molecule has 0 fully saturated rings. The Balaban J connectivity index is 3.37. The predicted molar refractivity (Wildman–Crippen MR) is 48.0 cm³/mol. The summed E-state index contributed by atoms with van der Waals surface area (Å²) in [5, 5.41) is 9.21. The quantitative estimate of drug-likeness (QED) is 0.598. The SMILES string of the molecule is CCCC(O)OCC(CC)OC. The maximum Gasteiger partial charge on any atom is 0.154 e. The molecule has 74 valence electrons. The zero-order chi connectivity index (χ0) is 9.40. The monoisotopic (exact) mass is 176 g/mol. The van der Waals surface area contributed by atoms with Gasteiger partial charge in [-0.25, -0.2) is 0 Å². The maximum atomic E-state index is 9.21. The van der Waals surface area contributed by atoms with E-state index in [-0.39, 0.29) is 6.10 Å². The molecule has 0 bridgehead atoms. The fourth-order valence-electron chi connectivity index (χ4n) is 0.901. The van der Waals surface area contributed by atoms with Gasteiger partial charge in [0, 0.05) is 7.11 Å². The molecular weight excluding hydrogens is 156 g/mol. The van der Waals surface area contributed by atoms with Crippen molar-refractivity contribution in [1.82, 2.24) is 0 Å². The molecule has 2 unspecified atom stereocenters. The van der Waals surface area contributed by atoms with Crippen molar-refractivity contribution in [2.24, 2.45) is 0 Å².